The number of hydrogen-bond donors (Lipinski definition) is 1. The molecule has 0 atom stereocenters. The summed E-state index contributed by atoms with van der Waals surface area (Å²) >= 11 is 0. The van der Waals surface area contributed by atoms with Gasteiger partial charge in [0.1, 0.15) is 11.8 Å². The first-order valence-electron chi connectivity index (χ1n) is 8.00. The molecule has 2 rings (SSSR count). The van der Waals surface area contributed by atoms with Crippen molar-refractivity contribution >= 4 is 17.7 Å². The Morgan fingerprint density at radius 1 is 1.07 bits per heavy atom. The summed E-state index contributed by atoms with van der Waals surface area (Å²) in [6.07, 6.45) is 3.05. The van der Waals surface area contributed by atoms with Crippen LogP contribution < -0.4 is 24.3 Å². The number of nitrogens with one attached hydrogen (secondary N) is 1. The molecule has 0 bridgehead atoms. The van der Waals surface area contributed by atoms with Crippen molar-refractivity contribution in [2.45, 2.75) is 0 Å². The van der Waals surface area contributed by atoms with E-state index in [0.29, 0.717) is 28.7 Å². The Hall–Kier alpha value is -3.66. The molecule has 0 unspecified atom stereocenters. The molecule has 2 aromatic rings. The zero-order valence-corrected chi connectivity index (χ0v) is 15.3. The number of nitrogens with zero attached hydrogens (tertiary/aromatic N) is 1. The van der Waals surface area contributed by atoms with Gasteiger partial charge in [-0.3, -0.25) is 4.79 Å². The fourth-order valence-electron chi connectivity index (χ4n) is 2.30. The second-order valence-electron chi connectivity index (χ2n) is 5.25. The zero-order valence-electron chi connectivity index (χ0n) is 15.3. The van der Waals surface area contributed by atoms with E-state index in [9.17, 15) is 4.79 Å². The number of anilines is 1. The van der Waals surface area contributed by atoms with Crippen LogP contribution in [0.1, 0.15) is 5.56 Å². The maximum absolute atomic E-state index is 12.1. The highest BCUT2D eigenvalue weighted by molar-refractivity contribution is 6.02. The van der Waals surface area contributed by atoms with E-state index in [1.807, 2.05) is 6.07 Å². The molecule has 2 aromatic carbocycles. The molecule has 7 heteroatoms. The van der Waals surface area contributed by atoms with Gasteiger partial charge in [-0.05, 0) is 48.0 Å². The molecule has 0 saturated carbocycles. The molecule has 0 fully saturated rings. The molecule has 1 amide bonds. The predicted molar refractivity (Wildman–Crippen MR) is 101 cm³/mol. The van der Waals surface area contributed by atoms with Crippen molar-refractivity contribution in [3.63, 3.8) is 0 Å². The zero-order chi connectivity index (χ0) is 19.6. The second kappa shape index (κ2) is 9.73. The van der Waals surface area contributed by atoms with Crippen molar-refractivity contribution in [1.29, 1.82) is 5.26 Å². The quantitative estimate of drug-likeness (QED) is 0.719. The van der Waals surface area contributed by atoms with E-state index in [1.54, 1.807) is 42.5 Å². The van der Waals surface area contributed by atoms with E-state index in [2.05, 4.69) is 5.32 Å². The van der Waals surface area contributed by atoms with Gasteiger partial charge < -0.3 is 24.3 Å². The SMILES string of the molecule is COc1cc(/C=C/C(=O)Nc2ccc(OCC#N)cc2)cc(OC)c1OC. The summed E-state index contributed by atoms with van der Waals surface area (Å²) in [4.78, 5) is 12.1. The van der Waals surface area contributed by atoms with Crippen molar-refractivity contribution < 1.29 is 23.7 Å². The highest BCUT2D eigenvalue weighted by Gasteiger charge is 2.12. The maximum Gasteiger partial charge on any atom is 0.248 e. The van der Waals surface area contributed by atoms with E-state index in [4.69, 9.17) is 24.2 Å². The average Bonchev–Trinajstić information content (AvgIpc) is 2.70. The van der Waals surface area contributed by atoms with Crippen LogP contribution >= 0.6 is 0 Å². The van der Waals surface area contributed by atoms with Crippen LogP contribution in [-0.2, 0) is 4.79 Å². The fraction of sp³-hybridized carbons (Fsp3) is 0.200. The van der Waals surface area contributed by atoms with Gasteiger partial charge in [0.25, 0.3) is 0 Å². The predicted octanol–water partition coefficient (Wildman–Crippen LogP) is 3.27. The third kappa shape index (κ3) is 5.41. The van der Waals surface area contributed by atoms with E-state index in [1.165, 1.54) is 27.4 Å². The van der Waals surface area contributed by atoms with E-state index >= 15 is 0 Å². The number of amides is 1. The third-order valence-electron chi connectivity index (χ3n) is 3.54. The topological polar surface area (TPSA) is 89.8 Å². The van der Waals surface area contributed by atoms with Gasteiger partial charge in [-0.2, -0.15) is 5.26 Å². The molecule has 0 radical (unpaired) electrons. The van der Waals surface area contributed by atoms with Crippen LogP contribution in [0.2, 0.25) is 0 Å². The highest BCUT2D eigenvalue weighted by atomic mass is 16.5. The van der Waals surface area contributed by atoms with Crippen molar-refractivity contribution in [2.75, 3.05) is 33.3 Å². The summed E-state index contributed by atoms with van der Waals surface area (Å²) < 4.78 is 21.0. The van der Waals surface area contributed by atoms with E-state index in [-0.39, 0.29) is 12.5 Å². The lowest BCUT2D eigenvalue weighted by molar-refractivity contribution is -0.111. The molecule has 1 N–H and O–H groups in total. The van der Waals surface area contributed by atoms with Gasteiger partial charge in [0.2, 0.25) is 11.7 Å². The van der Waals surface area contributed by atoms with Gasteiger partial charge in [0, 0.05) is 11.8 Å². The van der Waals surface area contributed by atoms with Crippen LogP contribution in [0.4, 0.5) is 5.69 Å². The van der Waals surface area contributed by atoms with Crippen molar-refractivity contribution in [2.24, 2.45) is 0 Å². The fourth-order valence-corrected chi connectivity index (χ4v) is 2.30. The minimum absolute atomic E-state index is 0.0246. The van der Waals surface area contributed by atoms with E-state index in [0.717, 1.165) is 5.56 Å². The van der Waals surface area contributed by atoms with Crippen molar-refractivity contribution in [3.05, 3.63) is 48.0 Å². The van der Waals surface area contributed by atoms with Gasteiger partial charge in [0.05, 0.1) is 21.3 Å². The van der Waals surface area contributed by atoms with Crippen LogP contribution in [-0.4, -0.2) is 33.8 Å². The Morgan fingerprint density at radius 2 is 1.70 bits per heavy atom. The molecule has 0 aliphatic rings. The van der Waals surface area contributed by atoms with Crippen LogP contribution in [0, 0.1) is 11.3 Å². The third-order valence-corrected chi connectivity index (χ3v) is 3.54. The van der Waals surface area contributed by atoms with Crippen LogP contribution in [0.5, 0.6) is 23.0 Å². The molecule has 27 heavy (non-hydrogen) atoms. The number of benzene rings is 2. The number of carbonyl (C=O) groups is 1. The van der Waals surface area contributed by atoms with E-state index < -0.39 is 0 Å². The molecule has 7 nitrogen and oxygen atoms in total. The first kappa shape index (κ1) is 19.7. The number of methoxy groups -OCH3 is 3. The molecule has 0 aliphatic carbocycles. The summed E-state index contributed by atoms with van der Waals surface area (Å²) in [6, 6.07) is 12.1. The summed E-state index contributed by atoms with van der Waals surface area (Å²) in [6.45, 7) is -0.0246. The minimum atomic E-state index is -0.297. The smallest absolute Gasteiger partial charge is 0.248 e. The lowest BCUT2D eigenvalue weighted by Gasteiger charge is -2.12. The monoisotopic (exact) mass is 368 g/mol. The van der Waals surface area contributed by atoms with Crippen molar-refractivity contribution in [1.82, 2.24) is 0 Å². The summed E-state index contributed by atoms with van der Waals surface area (Å²) in [5, 5.41) is 11.2. The molecule has 0 saturated heterocycles. The van der Waals surface area contributed by atoms with Crippen molar-refractivity contribution in [3.8, 4) is 29.1 Å². The number of ether oxygens (including phenoxy) is 4. The van der Waals surface area contributed by atoms with Gasteiger partial charge >= 0.3 is 0 Å². The molecule has 0 spiro atoms. The van der Waals surface area contributed by atoms with Crippen LogP contribution in [0.3, 0.4) is 0 Å². The number of carbonyl (C=O) groups excluding carboxylic acids is 1. The Bertz CT molecular complexity index is 829. The normalized spacial score (nSPS) is 10.1. The average molecular weight is 368 g/mol. The lowest BCUT2D eigenvalue weighted by Crippen LogP contribution is -2.07. The maximum atomic E-state index is 12.1. The molecule has 0 heterocycles. The molecule has 140 valence electrons. The number of hydrogen-bond acceptors (Lipinski definition) is 6. The first-order chi connectivity index (χ1) is 13.1. The number of nitriles is 1. The van der Waals surface area contributed by atoms with Gasteiger partial charge in [-0.1, -0.05) is 0 Å². The van der Waals surface area contributed by atoms with Gasteiger partial charge in [-0.25, -0.2) is 0 Å². The molecular weight excluding hydrogens is 348 g/mol. The Morgan fingerprint density at radius 3 is 2.22 bits per heavy atom. The highest BCUT2D eigenvalue weighted by Crippen LogP contribution is 2.38. The Balaban J connectivity index is 2.07. The molecule has 0 aromatic heterocycles. The van der Waals surface area contributed by atoms with Gasteiger partial charge in [-0.15, -0.1) is 0 Å². The second-order valence-corrected chi connectivity index (χ2v) is 5.25. The van der Waals surface area contributed by atoms with Gasteiger partial charge in [0.15, 0.2) is 18.1 Å². The summed E-state index contributed by atoms with van der Waals surface area (Å²) in [5.74, 6) is 1.76. The molecular formula is C20H20N2O5. The summed E-state index contributed by atoms with van der Waals surface area (Å²) in [7, 11) is 4.59. The largest absolute Gasteiger partial charge is 0.493 e. The van der Waals surface area contributed by atoms with Crippen LogP contribution in [0.25, 0.3) is 6.08 Å². The molecule has 0 aliphatic heterocycles. The summed E-state index contributed by atoms with van der Waals surface area (Å²) in [5.41, 5.74) is 1.33. The van der Waals surface area contributed by atoms with Crippen LogP contribution in [0.15, 0.2) is 42.5 Å². The standard InChI is InChI=1S/C20H20N2O5/c1-24-17-12-14(13-18(25-2)20(17)26-3)4-9-19(23)22-15-5-7-16(8-6-15)27-11-10-21/h4-9,12-13H,11H2,1-3H3,(H,22,23)/b9-4+. The Kier molecular flexibility index (Phi) is 7.08. The Labute approximate surface area is 157 Å². The lowest BCUT2D eigenvalue weighted by atomic mass is 10.1. The number of rotatable bonds is 8. The minimum Gasteiger partial charge on any atom is -0.493 e. The first-order valence-corrected chi connectivity index (χ1v) is 8.00.